The number of oxazole rings is 1. The smallest absolute Gasteiger partial charge is 0.419 e. The first kappa shape index (κ1) is 20.9. The van der Waals surface area contributed by atoms with Crippen LogP contribution in [0.1, 0.15) is 12.8 Å². The van der Waals surface area contributed by atoms with E-state index in [1.807, 2.05) is 0 Å². The zero-order chi connectivity index (χ0) is 21.5. The number of carbonyl (C=O) groups excluding carboxylic acids is 1. The molecule has 0 radical (unpaired) electrons. The second kappa shape index (κ2) is 9.59. The number of nitrogens with zero attached hydrogens (tertiary/aromatic N) is 2. The Labute approximate surface area is 171 Å². The molecule has 3 aromatic rings. The van der Waals surface area contributed by atoms with Crippen molar-refractivity contribution in [2.45, 2.75) is 19.4 Å². The van der Waals surface area contributed by atoms with E-state index in [-0.39, 0.29) is 30.1 Å². The Hall–Kier alpha value is -3.82. The van der Waals surface area contributed by atoms with Gasteiger partial charge >= 0.3 is 5.76 Å². The normalized spacial score (nSPS) is 10.7. The van der Waals surface area contributed by atoms with Crippen LogP contribution in [0.3, 0.4) is 0 Å². The molecule has 0 saturated heterocycles. The van der Waals surface area contributed by atoms with Gasteiger partial charge in [-0.3, -0.25) is 19.5 Å². The highest BCUT2D eigenvalue weighted by atomic mass is 16.6. The summed E-state index contributed by atoms with van der Waals surface area (Å²) >= 11 is 0. The van der Waals surface area contributed by atoms with Crippen molar-refractivity contribution >= 4 is 22.7 Å². The van der Waals surface area contributed by atoms with Gasteiger partial charge in [0.15, 0.2) is 5.58 Å². The number of nitro groups is 1. The molecule has 0 bridgehead atoms. The van der Waals surface area contributed by atoms with E-state index >= 15 is 0 Å². The van der Waals surface area contributed by atoms with Crippen molar-refractivity contribution in [2.75, 3.05) is 20.3 Å². The number of methoxy groups -OCH3 is 1. The molecule has 0 spiro atoms. The Morgan fingerprint density at radius 3 is 2.63 bits per heavy atom. The Morgan fingerprint density at radius 2 is 1.93 bits per heavy atom. The van der Waals surface area contributed by atoms with Crippen LogP contribution in [0, 0.1) is 10.1 Å². The minimum Gasteiger partial charge on any atom is -0.497 e. The summed E-state index contributed by atoms with van der Waals surface area (Å²) in [7, 11) is 1.59. The van der Waals surface area contributed by atoms with Crippen LogP contribution in [0.2, 0.25) is 0 Å². The molecule has 1 amide bonds. The van der Waals surface area contributed by atoms with Crippen molar-refractivity contribution in [3.8, 4) is 11.5 Å². The Kier molecular flexibility index (Phi) is 6.68. The first-order valence-corrected chi connectivity index (χ1v) is 9.29. The maximum atomic E-state index is 12.0. The van der Waals surface area contributed by atoms with E-state index in [4.69, 9.17) is 13.9 Å². The molecule has 158 valence electrons. The topological polar surface area (TPSA) is 126 Å². The summed E-state index contributed by atoms with van der Waals surface area (Å²) in [5.74, 6) is 0.637. The Bertz CT molecular complexity index is 1090. The molecule has 0 fully saturated rings. The van der Waals surface area contributed by atoms with Crippen LogP contribution in [0.4, 0.5) is 5.69 Å². The zero-order valence-electron chi connectivity index (χ0n) is 16.3. The van der Waals surface area contributed by atoms with Crippen molar-refractivity contribution < 1.29 is 23.6 Å². The van der Waals surface area contributed by atoms with Gasteiger partial charge in [0.1, 0.15) is 18.1 Å². The van der Waals surface area contributed by atoms with E-state index < -0.39 is 10.7 Å². The molecule has 0 unspecified atom stereocenters. The number of rotatable bonds is 10. The fraction of sp³-hybridized carbons (Fsp3) is 0.300. The molecule has 30 heavy (non-hydrogen) atoms. The number of ether oxygens (including phenoxy) is 2. The minimum atomic E-state index is -0.612. The lowest BCUT2D eigenvalue weighted by Crippen LogP contribution is -2.28. The predicted octanol–water partition coefficient (Wildman–Crippen LogP) is 2.49. The maximum Gasteiger partial charge on any atom is 0.419 e. The van der Waals surface area contributed by atoms with E-state index in [0.717, 1.165) is 5.75 Å². The van der Waals surface area contributed by atoms with Gasteiger partial charge in [-0.2, -0.15) is 0 Å². The van der Waals surface area contributed by atoms with E-state index in [1.54, 1.807) is 31.4 Å². The van der Waals surface area contributed by atoms with Gasteiger partial charge in [0, 0.05) is 19.0 Å². The molecule has 0 aliphatic carbocycles. The first-order valence-electron chi connectivity index (χ1n) is 9.29. The summed E-state index contributed by atoms with van der Waals surface area (Å²) < 4.78 is 17.0. The number of benzene rings is 2. The number of non-ortho nitro benzene ring substituents is 1. The summed E-state index contributed by atoms with van der Waals surface area (Å²) in [5, 5.41) is 13.6. The number of nitro benzene ring substituents is 1. The Balaban J connectivity index is 1.42. The fourth-order valence-electron chi connectivity index (χ4n) is 2.90. The lowest BCUT2D eigenvalue weighted by molar-refractivity contribution is -0.384. The number of aryl methyl sites for hydroxylation is 1. The molecular weight excluding hydrogens is 394 g/mol. The summed E-state index contributed by atoms with van der Waals surface area (Å²) in [5.41, 5.74) is 0.452. The van der Waals surface area contributed by atoms with Gasteiger partial charge in [0.2, 0.25) is 5.91 Å². The quantitative estimate of drug-likeness (QED) is 0.306. The third kappa shape index (κ3) is 5.16. The SMILES string of the molecule is COc1ccc(OCCNC(=O)CCCn2c(=O)oc3cc([N+](=O)[O-])ccc32)cc1. The molecule has 1 aromatic heterocycles. The molecular formula is C20H21N3O7. The highest BCUT2D eigenvalue weighted by Crippen LogP contribution is 2.20. The molecule has 0 aliphatic rings. The lowest BCUT2D eigenvalue weighted by atomic mass is 10.2. The second-order valence-electron chi connectivity index (χ2n) is 6.41. The van der Waals surface area contributed by atoms with Crippen LogP contribution < -0.4 is 20.5 Å². The zero-order valence-corrected chi connectivity index (χ0v) is 16.3. The van der Waals surface area contributed by atoms with Crippen molar-refractivity contribution in [1.29, 1.82) is 0 Å². The summed E-state index contributed by atoms with van der Waals surface area (Å²) in [4.78, 5) is 34.2. The van der Waals surface area contributed by atoms with Crippen molar-refractivity contribution in [1.82, 2.24) is 9.88 Å². The van der Waals surface area contributed by atoms with Crippen LogP contribution in [-0.2, 0) is 11.3 Å². The number of fused-ring (bicyclic) bond motifs is 1. The number of hydrogen-bond donors (Lipinski definition) is 1. The number of nitrogens with one attached hydrogen (secondary N) is 1. The highest BCUT2D eigenvalue weighted by molar-refractivity contribution is 5.76. The van der Waals surface area contributed by atoms with Crippen molar-refractivity contribution in [3.05, 3.63) is 63.1 Å². The maximum absolute atomic E-state index is 12.0. The standard InChI is InChI=1S/C20H21N3O7/c1-28-15-5-7-16(8-6-15)29-12-10-21-19(24)3-2-11-22-17-9-4-14(23(26)27)13-18(17)30-20(22)25/h4-9,13H,2-3,10-12H2,1H3,(H,21,24). The largest absolute Gasteiger partial charge is 0.497 e. The van der Waals surface area contributed by atoms with E-state index in [2.05, 4.69) is 5.32 Å². The van der Waals surface area contributed by atoms with Gasteiger partial charge < -0.3 is 19.2 Å². The third-order valence-electron chi connectivity index (χ3n) is 4.40. The predicted molar refractivity (Wildman–Crippen MR) is 108 cm³/mol. The van der Waals surface area contributed by atoms with Gasteiger partial charge in [0.25, 0.3) is 5.69 Å². The molecule has 1 heterocycles. The van der Waals surface area contributed by atoms with Crippen LogP contribution in [0.25, 0.3) is 11.1 Å². The number of carbonyl (C=O) groups is 1. The minimum absolute atomic E-state index is 0.148. The number of hydrogen-bond acceptors (Lipinski definition) is 7. The summed E-state index contributed by atoms with van der Waals surface area (Å²) in [6, 6.07) is 11.1. The van der Waals surface area contributed by atoms with E-state index in [9.17, 15) is 19.7 Å². The Morgan fingerprint density at radius 1 is 1.20 bits per heavy atom. The molecule has 2 aromatic carbocycles. The summed E-state index contributed by atoms with van der Waals surface area (Å²) in [6.45, 7) is 0.936. The molecule has 10 heteroatoms. The van der Waals surface area contributed by atoms with Crippen LogP contribution >= 0.6 is 0 Å². The van der Waals surface area contributed by atoms with E-state index in [0.29, 0.717) is 30.8 Å². The van der Waals surface area contributed by atoms with Crippen LogP contribution in [0.5, 0.6) is 11.5 Å². The van der Waals surface area contributed by atoms with Gasteiger partial charge in [-0.05, 0) is 36.8 Å². The molecule has 0 atom stereocenters. The third-order valence-corrected chi connectivity index (χ3v) is 4.40. The molecule has 10 nitrogen and oxygen atoms in total. The summed E-state index contributed by atoms with van der Waals surface area (Å²) in [6.07, 6.45) is 0.630. The molecule has 3 rings (SSSR count). The monoisotopic (exact) mass is 415 g/mol. The van der Waals surface area contributed by atoms with Crippen LogP contribution in [0.15, 0.2) is 51.7 Å². The average molecular weight is 415 g/mol. The van der Waals surface area contributed by atoms with E-state index in [1.165, 1.54) is 22.8 Å². The lowest BCUT2D eigenvalue weighted by Gasteiger charge is -2.08. The van der Waals surface area contributed by atoms with Crippen molar-refractivity contribution in [3.63, 3.8) is 0 Å². The van der Waals surface area contributed by atoms with Gasteiger partial charge in [-0.1, -0.05) is 0 Å². The van der Waals surface area contributed by atoms with Crippen LogP contribution in [-0.4, -0.2) is 35.7 Å². The number of amides is 1. The second-order valence-corrected chi connectivity index (χ2v) is 6.41. The average Bonchev–Trinajstić information content (AvgIpc) is 3.06. The fourth-order valence-corrected chi connectivity index (χ4v) is 2.90. The van der Waals surface area contributed by atoms with Crippen molar-refractivity contribution in [2.24, 2.45) is 0 Å². The first-order chi connectivity index (χ1) is 14.5. The van der Waals surface area contributed by atoms with Gasteiger partial charge in [-0.25, -0.2) is 4.79 Å². The van der Waals surface area contributed by atoms with Gasteiger partial charge in [0.05, 0.1) is 30.2 Å². The van der Waals surface area contributed by atoms with Gasteiger partial charge in [-0.15, -0.1) is 0 Å². The number of aromatic nitrogens is 1. The molecule has 0 saturated carbocycles. The highest BCUT2D eigenvalue weighted by Gasteiger charge is 2.14. The molecule has 0 aliphatic heterocycles. The molecule has 1 N–H and O–H groups in total.